The van der Waals surface area contributed by atoms with Crippen molar-refractivity contribution in [2.24, 2.45) is 0 Å². The molecule has 102 valence electrons. The molecule has 0 radical (unpaired) electrons. The summed E-state index contributed by atoms with van der Waals surface area (Å²) in [7, 11) is 0. The number of hydrogen-bond acceptors (Lipinski definition) is 4. The maximum Gasteiger partial charge on any atom is 0.119 e. The number of aromatic nitrogens is 2. The van der Waals surface area contributed by atoms with E-state index in [1.165, 1.54) is 6.07 Å². The van der Waals surface area contributed by atoms with Gasteiger partial charge in [-0.3, -0.25) is 0 Å². The third-order valence-corrected chi connectivity index (χ3v) is 3.00. The number of imidazole rings is 1. The molecule has 0 saturated heterocycles. The summed E-state index contributed by atoms with van der Waals surface area (Å²) in [5.41, 5.74) is 0.856. The molecule has 3 N–H and O–H groups in total. The molecule has 5 nitrogen and oxygen atoms in total. The van der Waals surface area contributed by atoms with Gasteiger partial charge in [-0.25, -0.2) is 4.98 Å². The summed E-state index contributed by atoms with van der Waals surface area (Å²) >= 11 is 0. The smallest absolute Gasteiger partial charge is 0.119 e. The molecule has 0 saturated carbocycles. The van der Waals surface area contributed by atoms with E-state index in [-0.39, 0.29) is 23.6 Å². The second-order valence-electron chi connectivity index (χ2n) is 4.83. The fourth-order valence-electron chi connectivity index (χ4n) is 2.15. The fourth-order valence-corrected chi connectivity index (χ4v) is 2.15. The zero-order valence-corrected chi connectivity index (χ0v) is 11.1. The van der Waals surface area contributed by atoms with Gasteiger partial charge in [-0.05, 0) is 31.5 Å². The molecule has 1 aromatic heterocycles. The summed E-state index contributed by atoms with van der Waals surface area (Å²) in [5.74, 6) is 0.150. The van der Waals surface area contributed by atoms with Crippen LogP contribution in [0.4, 0.5) is 0 Å². The lowest BCUT2D eigenvalue weighted by atomic mass is 10.1. The van der Waals surface area contributed by atoms with Gasteiger partial charge >= 0.3 is 0 Å². The summed E-state index contributed by atoms with van der Waals surface area (Å²) in [6.45, 7) is 4.90. The second-order valence-corrected chi connectivity index (χ2v) is 4.83. The Morgan fingerprint density at radius 2 is 1.89 bits per heavy atom. The molecule has 5 heteroatoms. The number of aromatic hydroxyl groups is 2. The van der Waals surface area contributed by atoms with Crippen molar-refractivity contribution in [1.82, 2.24) is 14.9 Å². The zero-order valence-electron chi connectivity index (χ0n) is 11.1. The maximum atomic E-state index is 9.48. The molecule has 0 fully saturated rings. The highest BCUT2D eigenvalue weighted by Crippen LogP contribution is 2.24. The topological polar surface area (TPSA) is 70.3 Å². The Hall–Kier alpha value is -2.01. The summed E-state index contributed by atoms with van der Waals surface area (Å²) in [4.78, 5) is 4.00. The summed E-state index contributed by atoms with van der Waals surface area (Å²) in [6.07, 6.45) is 5.45. The minimum absolute atomic E-state index is 0.0384. The molecule has 0 aliphatic rings. The zero-order chi connectivity index (χ0) is 13.8. The van der Waals surface area contributed by atoms with E-state index in [1.807, 2.05) is 17.7 Å². The van der Waals surface area contributed by atoms with Crippen LogP contribution in [0.25, 0.3) is 0 Å². The van der Waals surface area contributed by atoms with Gasteiger partial charge < -0.3 is 20.1 Å². The van der Waals surface area contributed by atoms with Gasteiger partial charge in [0, 0.05) is 37.1 Å². The van der Waals surface area contributed by atoms with Gasteiger partial charge in [0.05, 0.1) is 6.33 Å². The summed E-state index contributed by atoms with van der Waals surface area (Å²) in [6, 6.07) is 4.92. The quantitative estimate of drug-likeness (QED) is 0.770. The van der Waals surface area contributed by atoms with Crippen molar-refractivity contribution in [3.63, 3.8) is 0 Å². The monoisotopic (exact) mass is 261 g/mol. The van der Waals surface area contributed by atoms with Gasteiger partial charge in [-0.2, -0.15) is 0 Å². The van der Waals surface area contributed by atoms with E-state index < -0.39 is 0 Å². The van der Waals surface area contributed by atoms with Gasteiger partial charge in [0.15, 0.2) is 0 Å². The first-order valence-corrected chi connectivity index (χ1v) is 6.29. The SMILES string of the molecule is CC(Cn1ccnc1)NC(C)c1cc(O)cc(O)c1. The lowest BCUT2D eigenvalue weighted by Crippen LogP contribution is -2.32. The lowest BCUT2D eigenvalue weighted by Gasteiger charge is -2.21. The van der Waals surface area contributed by atoms with E-state index in [4.69, 9.17) is 0 Å². The number of nitrogens with zero attached hydrogens (tertiary/aromatic N) is 2. The van der Waals surface area contributed by atoms with Crippen LogP contribution in [0.5, 0.6) is 11.5 Å². The highest BCUT2D eigenvalue weighted by Gasteiger charge is 2.11. The second kappa shape index (κ2) is 5.75. The first-order valence-electron chi connectivity index (χ1n) is 6.29. The summed E-state index contributed by atoms with van der Waals surface area (Å²) in [5, 5.41) is 22.4. The first kappa shape index (κ1) is 13.4. The van der Waals surface area contributed by atoms with Gasteiger partial charge in [-0.1, -0.05) is 0 Å². The van der Waals surface area contributed by atoms with Gasteiger partial charge in [-0.15, -0.1) is 0 Å². The van der Waals surface area contributed by atoms with Crippen molar-refractivity contribution in [1.29, 1.82) is 0 Å². The lowest BCUT2D eigenvalue weighted by molar-refractivity contribution is 0.421. The minimum atomic E-state index is 0.0384. The van der Waals surface area contributed by atoms with Crippen LogP contribution in [0, 0.1) is 0 Å². The Morgan fingerprint density at radius 3 is 2.47 bits per heavy atom. The number of hydrogen-bond donors (Lipinski definition) is 3. The van der Waals surface area contributed by atoms with Crippen molar-refractivity contribution in [3.05, 3.63) is 42.5 Å². The highest BCUT2D eigenvalue weighted by atomic mass is 16.3. The van der Waals surface area contributed by atoms with E-state index in [9.17, 15) is 10.2 Å². The predicted molar refractivity (Wildman–Crippen MR) is 73.0 cm³/mol. The largest absolute Gasteiger partial charge is 0.508 e. The number of phenols is 2. The van der Waals surface area contributed by atoms with Crippen molar-refractivity contribution < 1.29 is 10.2 Å². The molecule has 2 rings (SSSR count). The molecule has 2 unspecified atom stereocenters. The third-order valence-electron chi connectivity index (χ3n) is 3.00. The van der Waals surface area contributed by atoms with Crippen LogP contribution in [0.2, 0.25) is 0 Å². The Bertz CT molecular complexity index is 505. The van der Waals surface area contributed by atoms with Crippen LogP contribution in [-0.4, -0.2) is 25.8 Å². The summed E-state index contributed by atoms with van der Waals surface area (Å²) < 4.78 is 2.00. The molecule has 19 heavy (non-hydrogen) atoms. The van der Waals surface area contributed by atoms with Crippen LogP contribution >= 0.6 is 0 Å². The highest BCUT2D eigenvalue weighted by molar-refractivity contribution is 5.37. The van der Waals surface area contributed by atoms with E-state index >= 15 is 0 Å². The van der Waals surface area contributed by atoms with Crippen molar-refractivity contribution in [2.45, 2.75) is 32.5 Å². The molecule has 0 amide bonds. The van der Waals surface area contributed by atoms with Crippen molar-refractivity contribution in [3.8, 4) is 11.5 Å². The van der Waals surface area contributed by atoms with Crippen LogP contribution in [0.3, 0.4) is 0 Å². The van der Waals surface area contributed by atoms with Crippen molar-refractivity contribution in [2.75, 3.05) is 0 Å². The molecular weight excluding hydrogens is 242 g/mol. The number of rotatable bonds is 5. The average molecular weight is 261 g/mol. The Kier molecular flexibility index (Phi) is 4.06. The van der Waals surface area contributed by atoms with Crippen LogP contribution in [0.1, 0.15) is 25.5 Å². The molecule has 1 heterocycles. The van der Waals surface area contributed by atoms with Gasteiger partial charge in [0.25, 0.3) is 0 Å². The van der Waals surface area contributed by atoms with Crippen LogP contribution < -0.4 is 5.32 Å². The molecule has 2 aromatic rings. The molecule has 0 spiro atoms. The number of nitrogens with one attached hydrogen (secondary N) is 1. The third kappa shape index (κ3) is 3.72. The van der Waals surface area contributed by atoms with Gasteiger partial charge in [0.2, 0.25) is 0 Å². The van der Waals surface area contributed by atoms with Crippen LogP contribution in [-0.2, 0) is 6.54 Å². The van der Waals surface area contributed by atoms with E-state index in [0.717, 1.165) is 12.1 Å². The molecule has 0 bridgehead atoms. The van der Waals surface area contributed by atoms with Crippen LogP contribution in [0.15, 0.2) is 36.9 Å². The molecular formula is C14H19N3O2. The Morgan fingerprint density at radius 1 is 1.21 bits per heavy atom. The Labute approximate surface area is 112 Å². The fraction of sp³-hybridized carbons (Fsp3) is 0.357. The average Bonchev–Trinajstić information content (AvgIpc) is 2.80. The molecule has 2 atom stereocenters. The number of phenolic OH excluding ortho intramolecular Hbond substituents is 2. The standard InChI is InChI=1S/C14H19N3O2/c1-10(8-17-4-3-15-9-17)16-11(2)12-5-13(18)7-14(19)6-12/h3-7,9-11,16,18-19H,8H2,1-2H3. The molecule has 1 aromatic carbocycles. The van der Waals surface area contributed by atoms with E-state index in [0.29, 0.717) is 0 Å². The molecule has 0 aliphatic carbocycles. The maximum absolute atomic E-state index is 9.48. The normalized spacial score (nSPS) is 14.2. The van der Waals surface area contributed by atoms with E-state index in [1.54, 1.807) is 24.7 Å². The van der Waals surface area contributed by atoms with Crippen molar-refractivity contribution >= 4 is 0 Å². The van der Waals surface area contributed by atoms with E-state index in [2.05, 4.69) is 17.2 Å². The van der Waals surface area contributed by atoms with Gasteiger partial charge in [0.1, 0.15) is 11.5 Å². The predicted octanol–water partition coefficient (Wildman–Crippen LogP) is 2.03. The number of benzene rings is 1. The minimum Gasteiger partial charge on any atom is -0.508 e. The Balaban J connectivity index is 1.98. The first-order chi connectivity index (χ1) is 9.04. The molecule has 0 aliphatic heterocycles.